The summed E-state index contributed by atoms with van der Waals surface area (Å²) in [6, 6.07) is 18.0. The summed E-state index contributed by atoms with van der Waals surface area (Å²) in [7, 11) is -3.98. The smallest absolute Gasteiger partial charge is 0.329 e. The summed E-state index contributed by atoms with van der Waals surface area (Å²) in [6.07, 6.45) is 0. The van der Waals surface area contributed by atoms with Gasteiger partial charge in [-0.25, -0.2) is 13.2 Å². The van der Waals surface area contributed by atoms with Gasteiger partial charge >= 0.3 is 5.97 Å². The zero-order chi connectivity index (χ0) is 24.5. The zero-order valence-corrected chi connectivity index (χ0v) is 19.8. The van der Waals surface area contributed by atoms with Gasteiger partial charge < -0.3 is 9.15 Å². The highest BCUT2D eigenvalue weighted by atomic mass is 35.5. The van der Waals surface area contributed by atoms with Crippen molar-refractivity contribution >= 4 is 38.6 Å². The minimum Gasteiger partial charge on any atom is -0.452 e. The summed E-state index contributed by atoms with van der Waals surface area (Å²) in [6.45, 7) is 3.23. The summed E-state index contributed by atoms with van der Waals surface area (Å²) in [5.74, 6) is -1.28. The quantitative estimate of drug-likeness (QED) is 0.387. The lowest BCUT2D eigenvalue weighted by atomic mass is 10.1. The van der Waals surface area contributed by atoms with E-state index < -0.39 is 27.5 Å². The maximum Gasteiger partial charge on any atom is 0.329 e. The van der Waals surface area contributed by atoms with Gasteiger partial charge in [0, 0.05) is 10.6 Å². The van der Waals surface area contributed by atoms with Gasteiger partial charge in [-0.2, -0.15) is 4.72 Å². The number of carbonyl (C=O) groups is 1. The van der Waals surface area contributed by atoms with Crippen LogP contribution in [0.15, 0.2) is 86.9 Å². The number of hydrogen-bond acceptors (Lipinski definition) is 6. The first kappa shape index (κ1) is 23.7. The molecule has 174 valence electrons. The van der Waals surface area contributed by atoms with Crippen LogP contribution in [0.5, 0.6) is 5.75 Å². The third-order valence-corrected chi connectivity index (χ3v) is 6.86. The van der Waals surface area contributed by atoms with Crippen LogP contribution in [0.4, 0.5) is 0 Å². The van der Waals surface area contributed by atoms with Crippen LogP contribution in [0.3, 0.4) is 0 Å². The molecule has 7 nitrogen and oxygen atoms in total. The van der Waals surface area contributed by atoms with Gasteiger partial charge in [0.25, 0.3) is 0 Å². The van der Waals surface area contributed by atoms with E-state index >= 15 is 0 Å². The molecule has 34 heavy (non-hydrogen) atoms. The van der Waals surface area contributed by atoms with Crippen molar-refractivity contribution in [1.29, 1.82) is 0 Å². The highest BCUT2D eigenvalue weighted by Gasteiger charge is 2.27. The minimum atomic E-state index is -3.98. The van der Waals surface area contributed by atoms with Crippen LogP contribution in [0.25, 0.3) is 22.3 Å². The lowest BCUT2D eigenvalue weighted by Gasteiger charge is -2.15. The number of fused-ring (bicyclic) bond motifs is 1. The second-order valence-corrected chi connectivity index (χ2v) is 9.82. The molecule has 0 radical (unpaired) electrons. The summed E-state index contributed by atoms with van der Waals surface area (Å²) < 4.78 is 38.8. The summed E-state index contributed by atoms with van der Waals surface area (Å²) in [5, 5.41) is 0.438. The molecular formula is C25H20ClNO6S. The Kier molecular flexibility index (Phi) is 6.56. The summed E-state index contributed by atoms with van der Waals surface area (Å²) >= 11 is 6.04. The van der Waals surface area contributed by atoms with Gasteiger partial charge in [-0.3, -0.25) is 4.79 Å². The van der Waals surface area contributed by atoms with Crippen LogP contribution in [-0.4, -0.2) is 20.4 Å². The molecule has 1 N–H and O–H groups in total. The largest absolute Gasteiger partial charge is 0.452 e. The van der Waals surface area contributed by atoms with Crippen LogP contribution in [-0.2, 0) is 14.8 Å². The number of rotatable bonds is 6. The Hall–Kier alpha value is -3.46. The standard InChI is InChI=1S/C25H20ClNO6S/c1-15-8-10-17(11-9-15)23-24(22(28)20-14-18(26)12-13-21(20)32-23)33-25(29)16(2)27-34(30,31)19-6-4-3-5-7-19/h3-14,16,27H,1-2H3/t16-/m1/s1. The maximum atomic E-state index is 13.3. The number of carbonyl (C=O) groups excluding carboxylic acids is 1. The third kappa shape index (κ3) is 4.89. The fraction of sp³-hybridized carbons (Fsp3) is 0.120. The second kappa shape index (κ2) is 9.42. The first-order valence-corrected chi connectivity index (χ1v) is 12.1. The SMILES string of the molecule is Cc1ccc(-c2oc3ccc(Cl)cc3c(=O)c2OC(=O)[C@@H](C)NS(=O)(=O)c2ccccc2)cc1. The number of ether oxygens (including phenoxy) is 1. The van der Waals surface area contributed by atoms with E-state index in [0.29, 0.717) is 10.6 Å². The highest BCUT2D eigenvalue weighted by Crippen LogP contribution is 2.32. The van der Waals surface area contributed by atoms with Gasteiger partial charge in [-0.1, -0.05) is 59.6 Å². The topological polar surface area (TPSA) is 103 Å². The Morgan fingerprint density at radius 2 is 1.71 bits per heavy atom. The van der Waals surface area contributed by atoms with E-state index in [1.54, 1.807) is 42.5 Å². The van der Waals surface area contributed by atoms with E-state index in [4.69, 9.17) is 20.8 Å². The lowest BCUT2D eigenvalue weighted by molar-refractivity contribution is -0.135. The van der Waals surface area contributed by atoms with E-state index in [-0.39, 0.29) is 27.4 Å². The number of hydrogen-bond donors (Lipinski definition) is 1. The van der Waals surface area contributed by atoms with Crippen molar-refractivity contribution in [2.75, 3.05) is 0 Å². The van der Waals surface area contributed by atoms with E-state index in [1.165, 1.54) is 25.1 Å². The van der Waals surface area contributed by atoms with Gasteiger partial charge in [-0.05, 0) is 44.2 Å². The van der Waals surface area contributed by atoms with Crippen LogP contribution in [0, 0.1) is 6.92 Å². The molecule has 9 heteroatoms. The van der Waals surface area contributed by atoms with Gasteiger partial charge in [0.2, 0.25) is 21.2 Å². The fourth-order valence-electron chi connectivity index (χ4n) is 3.28. The normalized spacial score (nSPS) is 12.4. The first-order chi connectivity index (χ1) is 16.2. The van der Waals surface area contributed by atoms with Crippen molar-refractivity contribution in [3.05, 3.63) is 93.6 Å². The number of halogens is 1. The van der Waals surface area contributed by atoms with Crippen molar-refractivity contribution in [1.82, 2.24) is 4.72 Å². The van der Waals surface area contributed by atoms with E-state index in [9.17, 15) is 18.0 Å². The Balaban J connectivity index is 1.73. The number of aryl methyl sites for hydroxylation is 1. The molecule has 0 unspecified atom stereocenters. The summed E-state index contributed by atoms with van der Waals surface area (Å²) in [5.41, 5.74) is 1.16. The number of esters is 1. The molecule has 1 atom stereocenters. The molecule has 0 spiro atoms. The molecule has 1 aromatic heterocycles. The molecule has 0 bridgehead atoms. The maximum absolute atomic E-state index is 13.3. The molecule has 0 fully saturated rings. The third-order valence-electron chi connectivity index (χ3n) is 5.07. The molecular weight excluding hydrogens is 478 g/mol. The predicted octanol–water partition coefficient (Wildman–Crippen LogP) is 4.69. The van der Waals surface area contributed by atoms with Crippen molar-refractivity contribution in [3.63, 3.8) is 0 Å². The molecule has 4 rings (SSSR count). The van der Waals surface area contributed by atoms with Crippen LogP contribution in [0.2, 0.25) is 5.02 Å². The monoisotopic (exact) mass is 497 g/mol. The molecule has 0 aliphatic heterocycles. The van der Waals surface area contributed by atoms with Crippen molar-refractivity contribution in [2.45, 2.75) is 24.8 Å². The van der Waals surface area contributed by atoms with Crippen molar-refractivity contribution in [2.24, 2.45) is 0 Å². The minimum absolute atomic E-state index is 0.00476. The van der Waals surface area contributed by atoms with Crippen LogP contribution in [0.1, 0.15) is 12.5 Å². The number of sulfonamides is 1. The zero-order valence-electron chi connectivity index (χ0n) is 18.2. The molecule has 3 aromatic carbocycles. The lowest BCUT2D eigenvalue weighted by Crippen LogP contribution is -2.41. The first-order valence-electron chi connectivity index (χ1n) is 10.3. The predicted molar refractivity (Wildman–Crippen MR) is 130 cm³/mol. The average molecular weight is 498 g/mol. The Morgan fingerprint density at radius 3 is 2.38 bits per heavy atom. The fourth-order valence-corrected chi connectivity index (χ4v) is 4.66. The number of nitrogens with one attached hydrogen (secondary N) is 1. The van der Waals surface area contributed by atoms with Gasteiger partial charge in [0.05, 0.1) is 10.3 Å². The molecule has 0 aliphatic carbocycles. The van der Waals surface area contributed by atoms with E-state index in [1.807, 2.05) is 19.1 Å². The summed E-state index contributed by atoms with van der Waals surface area (Å²) in [4.78, 5) is 26.1. The molecule has 0 saturated carbocycles. The average Bonchev–Trinajstić information content (AvgIpc) is 2.82. The second-order valence-electron chi connectivity index (χ2n) is 7.67. The van der Waals surface area contributed by atoms with Crippen LogP contribution < -0.4 is 14.9 Å². The molecule has 0 amide bonds. The molecule has 0 saturated heterocycles. The van der Waals surface area contributed by atoms with E-state index in [2.05, 4.69) is 4.72 Å². The van der Waals surface area contributed by atoms with Gasteiger partial charge in [0.1, 0.15) is 11.6 Å². The van der Waals surface area contributed by atoms with E-state index in [0.717, 1.165) is 5.56 Å². The van der Waals surface area contributed by atoms with Gasteiger partial charge in [0.15, 0.2) is 5.76 Å². The van der Waals surface area contributed by atoms with Crippen molar-refractivity contribution < 1.29 is 22.4 Å². The van der Waals surface area contributed by atoms with Crippen molar-refractivity contribution in [3.8, 4) is 17.1 Å². The molecule has 4 aromatic rings. The molecule has 1 heterocycles. The molecule has 0 aliphatic rings. The number of benzene rings is 3. The van der Waals surface area contributed by atoms with Gasteiger partial charge in [-0.15, -0.1) is 0 Å². The highest BCUT2D eigenvalue weighted by molar-refractivity contribution is 7.89. The van der Waals surface area contributed by atoms with Crippen LogP contribution >= 0.6 is 11.6 Å². The Morgan fingerprint density at radius 1 is 1.03 bits per heavy atom. The Labute approximate surface area is 201 Å². The Bertz CT molecular complexity index is 1530.